The lowest BCUT2D eigenvalue weighted by atomic mass is 9.74. The standard InChI is InChI=1S/C12H22O/c1-9-4-6-12(10(2)8-9)7-5-11(3)13/h9-10,12H,4-8H2,1-3H3. The highest BCUT2D eigenvalue weighted by Gasteiger charge is 2.24. The lowest BCUT2D eigenvalue weighted by molar-refractivity contribution is -0.117. The van der Waals surface area contributed by atoms with E-state index in [0.717, 1.165) is 30.6 Å². The van der Waals surface area contributed by atoms with Gasteiger partial charge in [0.15, 0.2) is 0 Å². The second-order valence-corrected chi connectivity index (χ2v) is 4.90. The monoisotopic (exact) mass is 182 g/mol. The molecule has 0 amide bonds. The van der Waals surface area contributed by atoms with E-state index in [1.54, 1.807) is 6.92 Å². The molecule has 0 aromatic carbocycles. The molecule has 1 nitrogen and oxygen atoms in total. The molecular weight excluding hydrogens is 160 g/mol. The van der Waals surface area contributed by atoms with E-state index in [0.29, 0.717) is 5.78 Å². The largest absolute Gasteiger partial charge is 0.300 e. The lowest BCUT2D eigenvalue weighted by Crippen LogP contribution is -2.21. The van der Waals surface area contributed by atoms with Crippen molar-refractivity contribution in [3.05, 3.63) is 0 Å². The summed E-state index contributed by atoms with van der Waals surface area (Å²) in [5.41, 5.74) is 0. The highest BCUT2D eigenvalue weighted by Crippen LogP contribution is 2.35. The van der Waals surface area contributed by atoms with Gasteiger partial charge >= 0.3 is 0 Å². The lowest BCUT2D eigenvalue weighted by Gasteiger charge is -2.32. The quantitative estimate of drug-likeness (QED) is 0.653. The van der Waals surface area contributed by atoms with Gasteiger partial charge in [-0.1, -0.05) is 20.3 Å². The summed E-state index contributed by atoms with van der Waals surface area (Å²) in [7, 11) is 0. The van der Waals surface area contributed by atoms with Crippen LogP contribution in [0.1, 0.15) is 52.9 Å². The Bertz CT molecular complexity index is 174. The summed E-state index contributed by atoms with van der Waals surface area (Å²) in [6, 6.07) is 0. The van der Waals surface area contributed by atoms with E-state index >= 15 is 0 Å². The summed E-state index contributed by atoms with van der Waals surface area (Å²) in [5, 5.41) is 0. The summed E-state index contributed by atoms with van der Waals surface area (Å²) >= 11 is 0. The summed E-state index contributed by atoms with van der Waals surface area (Å²) in [5.74, 6) is 2.91. The summed E-state index contributed by atoms with van der Waals surface area (Å²) in [6.45, 7) is 6.40. The molecule has 13 heavy (non-hydrogen) atoms. The maximum Gasteiger partial charge on any atom is 0.129 e. The Morgan fingerprint density at radius 1 is 1.31 bits per heavy atom. The third kappa shape index (κ3) is 3.50. The molecule has 3 unspecified atom stereocenters. The third-order valence-corrected chi connectivity index (χ3v) is 3.48. The van der Waals surface area contributed by atoms with Gasteiger partial charge in [-0.2, -0.15) is 0 Å². The summed E-state index contributed by atoms with van der Waals surface area (Å²) in [6.07, 6.45) is 6.00. The van der Waals surface area contributed by atoms with Crippen LogP contribution in [-0.4, -0.2) is 5.78 Å². The van der Waals surface area contributed by atoms with Gasteiger partial charge in [0.1, 0.15) is 5.78 Å². The zero-order valence-corrected chi connectivity index (χ0v) is 9.18. The van der Waals surface area contributed by atoms with Crippen LogP contribution in [0.3, 0.4) is 0 Å². The molecule has 1 aliphatic carbocycles. The molecule has 0 bridgehead atoms. The van der Waals surface area contributed by atoms with Crippen LogP contribution in [0.5, 0.6) is 0 Å². The van der Waals surface area contributed by atoms with Gasteiger partial charge in [-0.25, -0.2) is 0 Å². The average molecular weight is 182 g/mol. The molecule has 1 heteroatoms. The minimum atomic E-state index is 0.353. The molecule has 0 saturated heterocycles. The predicted octanol–water partition coefficient (Wildman–Crippen LogP) is 3.43. The highest BCUT2D eigenvalue weighted by molar-refractivity contribution is 5.75. The third-order valence-electron chi connectivity index (χ3n) is 3.48. The number of carbonyl (C=O) groups excluding carboxylic acids is 1. The van der Waals surface area contributed by atoms with Crippen molar-refractivity contribution in [3.63, 3.8) is 0 Å². The second kappa shape index (κ2) is 4.78. The van der Waals surface area contributed by atoms with E-state index in [2.05, 4.69) is 13.8 Å². The Balaban J connectivity index is 2.29. The van der Waals surface area contributed by atoms with Gasteiger partial charge in [-0.05, 0) is 43.9 Å². The van der Waals surface area contributed by atoms with Crippen LogP contribution in [0, 0.1) is 17.8 Å². The first-order valence-electron chi connectivity index (χ1n) is 5.59. The first kappa shape index (κ1) is 10.7. The van der Waals surface area contributed by atoms with Crippen LogP contribution in [0.2, 0.25) is 0 Å². The van der Waals surface area contributed by atoms with Crippen molar-refractivity contribution in [1.82, 2.24) is 0 Å². The maximum absolute atomic E-state index is 10.9. The van der Waals surface area contributed by atoms with Crippen molar-refractivity contribution in [2.24, 2.45) is 17.8 Å². The molecule has 0 spiro atoms. The van der Waals surface area contributed by atoms with E-state index < -0.39 is 0 Å². The number of Topliss-reactive ketones (excluding diaryl/α,β-unsaturated/α-hetero) is 1. The number of hydrogen-bond acceptors (Lipinski definition) is 1. The van der Waals surface area contributed by atoms with E-state index in [1.807, 2.05) is 0 Å². The van der Waals surface area contributed by atoms with Gasteiger partial charge < -0.3 is 4.79 Å². The van der Waals surface area contributed by atoms with Crippen LogP contribution in [-0.2, 0) is 4.79 Å². The number of carbonyl (C=O) groups is 1. The molecule has 0 aromatic rings. The Labute approximate surface area is 81.9 Å². The molecule has 1 aliphatic rings. The van der Waals surface area contributed by atoms with E-state index in [-0.39, 0.29) is 0 Å². The molecular formula is C12H22O. The smallest absolute Gasteiger partial charge is 0.129 e. The van der Waals surface area contributed by atoms with Gasteiger partial charge in [0, 0.05) is 6.42 Å². The molecule has 76 valence electrons. The van der Waals surface area contributed by atoms with Gasteiger partial charge in [0.25, 0.3) is 0 Å². The Kier molecular flexibility index (Phi) is 3.95. The zero-order valence-electron chi connectivity index (χ0n) is 9.18. The average Bonchev–Trinajstić information content (AvgIpc) is 2.02. The van der Waals surface area contributed by atoms with Gasteiger partial charge in [0.2, 0.25) is 0 Å². The second-order valence-electron chi connectivity index (χ2n) is 4.90. The predicted molar refractivity (Wildman–Crippen MR) is 55.6 cm³/mol. The fraction of sp³-hybridized carbons (Fsp3) is 0.917. The molecule has 3 atom stereocenters. The normalized spacial score (nSPS) is 34.5. The zero-order chi connectivity index (χ0) is 9.84. The minimum absolute atomic E-state index is 0.353. The molecule has 0 heterocycles. The maximum atomic E-state index is 10.9. The molecule has 1 fully saturated rings. The number of ketones is 1. The topological polar surface area (TPSA) is 17.1 Å². The fourth-order valence-corrected chi connectivity index (χ4v) is 2.55. The van der Waals surface area contributed by atoms with Crippen LogP contribution in [0.25, 0.3) is 0 Å². The van der Waals surface area contributed by atoms with Gasteiger partial charge in [0.05, 0.1) is 0 Å². The summed E-state index contributed by atoms with van der Waals surface area (Å²) < 4.78 is 0. The van der Waals surface area contributed by atoms with E-state index in [1.165, 1.54) is 19.3 Å². The first-order valence-corrected chi connectivity index (χ1v) is 5.59. The molecule has 1 rings (SSSR count). The van der Waals surface area contributed by atoms with Crippen molar-refractivity contribution in [3.8, 4) is 0 Å². The van der Waals surface area contributed by atoms with E-state index in [4.69, 9.17) is 0 Å². The van der Waals surface area contributed by atoms with Crippen molar-refractivity contribution in [1.29, 1.82) is 0 Å². The number of hydrogen-bond donors (Lipinski definition) is 0. The first-order chi connectivity index (χ1) is 6.09. The van der Waals surface area contributed by atoms with Crippen LogP contribution in [0.4, 0.5) is 0 Å². The molecule has 0 radical (unpaired) electrons. The Morgan fingerprint density at radius 2 is 2.00 bits per heavy atom. The SMILES string of the molecule is CC(=O)CCC1CCC(C)CC1C. The van der Waals surface area contributed by atoms with Crippen molar-refractivity contribution >= 4 is 5.78 Å². The molecule has 0 N–H and O–H groups in total. The van der Waals surface area contributed by atoms with Crippen molar-refractivity contribution < 1.29 is 4.79 Å². The highest BCUT2D eigenvalue weighted by atomic mass is 16.1. The van der Waals surface area contributed by atoms with Crippen LogP contribution < -0.4 is 0 Å². The minimum Gasteiger partial charge on any atom is -0.300 e. The van der Waals surface area contributed by atoms with Crippen molar-refractivity contribution in [2.45, 2.75) is 52.9 Å². The number of rotatable bonds is 3. The fourth-order valence-electron chi connectivity index (χ4n) is 2.55. The van der Waals surface area contributed by atoms with E-state index in [9.17, 15) is 4.79 Å². The Morgan fingerprint density at radius 3 is 2.54 bits per heavy atom. The molecule has 0 aromatic heterocycles. The van der Waals surface area contributed by atoms with Crippen molar-refractivity contribution in [2.75, 3.05) is 0 Å². The Hall–Kier alpha value is -0.330. The van der Waals surface area contributed by atoms with Gasteiger partial charge in [-0.3, -0.25) is 0 Å². The molecule has 0 aliphatic heterocycles. The van der Waals surface area contributed by atoms with Gasteiger partial charge in [-0.15, -0.1) is 0 Å². The summed E-state index contributed by atoms with van der Waals surface area (Å²) in [4.78, 5) is 10.9. The van der Waals surface area contributed by atoms with Crippen LogP contribution >= 0.6 is 0 Å². The van der Waals surface area contributed by atoms with Crippen LogP contribution in [0.15, 0.2) is 0 Å². The molecule has 1 saturated carbocycles.